The predicted molar refractivity (Wildman–Crippen MR) is 115 cm³/mol. The first-order valence-corrected chi connectivity index (χ1v) is 12.2. The van der Waals surface area contributed by atoms with Crippen LogP contribution in [0.1, 0.15) is 105 Å². The lowest BCUT2D eigenvalue weighted by Crippen LogP contribution is -2.50. The maximum Gasteiger partial charge on any atom is 0.0577 e. The van der Waals surface area contributed by atoms with E-state index in [1.807, 2.05) is 0 Å². The van der Waals surface area contributed by atoms with Crippen LogP contribution in [0.2, 0.25) is 0 Å². The molecule has 1 nitrogen and oxygen atoms in total. The summed E-state index contributed by atoms with van der Waals surface area (Å²) in [7, 11) is 0. The van der Waals surface area contributed by atoms with Crippen molar-refractivity contribution >= 4 is 0 Å². The minimum Gasteiger partial charge on any atom is -0.393 e. The Morgan fingerprint density at radius 2 is 1.85 bits per heavy atom. The van der Waals surface area contributed by atoms with Gasteiger partial charge in [-0.25, -0.2) is 0 Å². The summed E-state index contributed by atoms with van der Waals surface area (Å²) >= 11 is 0. The first-order valence-electron chi connectivity index (χ1n) is 12.2. The highest BCUT2D eigenvalue weighted by Crippen LogP contribution is 2.66. The molecule has 0 heterocycles. The number of rotatable bonds is 5. The molecule has 1 heteroatoms. The number of hydrogen-bond acceptors (Lipinski definition) is 1. The van der Waals surface area contributed by atoms with E-state index in [1.54, 1.807) is 5.57 Å². The van der Waals surface area contributed by atoms with Crippen molar-refractivity contribution in [2.75, 3.05) is 0 Å². The van der Waals surface area contributed by atoms with Crippen LogP contribution in [0.15, 0.2) is 11.6 Å². The van der Waals surface area contributed by atoms with Crippen LogP contribution in [0.3, 0.4) is 0 Å². The molecule has 0 amide bonds. The largest absolute Gasteiger partial charge is 0.393 e. The zero-order chi connectivity index (χ0) is 19.2. The molecule has 4 rings (SSSR count). The molecule has 0 spiro atoms. The van der Waals surface area contributed by atoms with E-state index in [9.17, 15) is 5.11 Å². The summed E-state index contributed by atoms with van der Waals surface area (Å²) in [6.45, 7) is 9.97. The van der Waals surface area contributed by atoms with Crippen molar-refractivity contribution in [2.24, 2.45) is 40.4 Å². The van der Waals surface area contributed by atoms with E-state index in [0.29, 0.717) is 10.8 Å². The van der Waals surface area contributed by atoms with Gasteiger partial charge in [0.15, 0.2) is 0 Å². The molecule has 0 aromatic heterocycles. The second-order valence-electron chi connectivity index (χ2n) is 11.7. The van der Waals surface area contributed by atoms with Gasteiger partial charge in [0.05, 0.1) is 6.10 Å². The van der Waals surface area contributed by atoms with Gasteiger partial charge in [0.1, 0.15) is 0 Å². The molecule has 7 atom stereocenters. The molecule has 4 aliphatic rings. The van der Waals surface area contributed by atoms with Gasteiger partial charge >= 0.3 is 0 Å². The SMILES string of the molecule is CC(C)CCCCC1CCC2C3CC=C4CC(O)CC[C@]4(C)C3CCC12C. The standard InChI is InChI=1S/C26H44O/c1-18(2)7-5-6-8-19-10-12-23-22-11-9-20-17-21(27)13-15-26(20,4)24(22)14-16-25(19,23)3/h9,18-19,21-24,27H,5-8,10-17H2,1-4H3/t19?,21?,22?,23?,24?,25?,26-/m0/s1. The van der Waals surface area contributed by atoms with Gasteiger partial charge in [-0.2, -0.15) is 0 Å². The van der Waals surface area contributed by atoms with Crippen LogP contribution in [-0.2, 0) is 0 Å². The second kappa shape index (κ2) is 7.51. The molecule has 0 aromatic carbocycles. The molecule has 1 N–H and O–H groups in total. The summed E-state index contributed by atoms with van der Waals surface area (Å²) in [6, 6.07) is 0. The van der Waals surface area contributed by atoms with E-state index in [2.05, 4.69) is 33.8 Å². The van der Waals surface area contributed by atoms with Gasteiger partial charge < -0.3 is 5.11 Å². The lowest BCUT2D eigenvalue weighted by molar-refractivity contribution is -0.0508. The third-order valence-corrected chi connectivity index (χ3v) is 9.86. The molecule has 0 radical (unpaired) electrons. The van der Waals surface area contributed by atoms with Gasteiger partial charge in [-0.05, 0) is 98.2 Å². The Kier molecular flexibility index (Phi) is 5.56. The average Bonchev–Trinajstić information content (AvgIpc) is 2.96. The van der Waals surface area contributed by atoms with Crippen molar-refractivity contribution < 1.29 is 5.11 Å². The van der Waals surface area contributed by atoms with Crippen LogP contribution in [0.4, 0.5) is 0 Å². The highest BCUT2D eigenvalue weighted by molar-refractivity contribution is 5.25. The van der Waals surface area contributed by atoms with Crippen molar-refractivity contribution in [3.05, 3.63) is 11.6 Å². The number of aliphatic hydroxyl groups excluding tert-OH is 1. The number of aliphatic hydroxyl groups is 1. The van der Waals surface area contributed by atoms with Gasteiger partial charge in [0.2, 0.25) is 0 Å². The van der Waals surface area contributed by atoms with Crippen LogP contribution >= 0.6 is 0 Å². The quantitative estimate of drug-likeness (QED) is 0.401. The maximum absolute atomic E-state index is 10.2. The highest BCUT2D eigenvalue weighted by Gasteiger charge is 2.58. The zero-order valence-corrected chi connectivity index (χ0v) is 18.5. The molecule has 0 aromatic rings. The fraction of sp³-hybridized carbons (Fsp3) is 0.923. The van der Waals surface area contributed by atoms with Gasteiger partial charge in [0, 0.05) is 0 Å². The molecule has 0 saturated heterocycles. The van der Waals surface area contributed by atoms with Crippen molar-refractivity contribution in [1.82, 2.24) is 0 Å². The lowest BCUT2D eigenvalue weighted by Gasteiger charge is -2.58. The van der Waals surface area contributed by atoms with E-state index < -0.39 is 0 Å². The van der Waals surface area contributed by atoms with E-state index in [1.165, 1.54) is 64.2 Å². The van der Waals surface area contributed by atoms with Crippen LogP contribution in [0.25, 0.3) is 0 Å². The summed E-state index contributed by atoms with van der Waals surface area (Å²) in [6.07, 6.45) is 18.7. The van der Waals surface area contributed by atoms with E-state index in [0.717, 1.165) is 42.4 Å². The predicted octanol–water partition coefficient (Wildman–Crippen LogP) is 7.14. The van der Waals surface area contributed by atoms with E-state index in [4.69, 9.17) is 0 Å². The molecule has 4 aliphatic carbocycles. The van der Waals surface area contributed by atoms with Crippen molar-refractivity contribution in [3.63, 3.8) is 0 Å². The fourth-order valence-corrected chi connectivity index (χ4v) is 8.17. The number of hydrogen-bond donors (Lipinski definition) is 1. The summed E-state index contributed by atoms with van der Waals surface area (Å²) in [5, 5.41) is 10.2. The minimum absolute atomic E-state index is 0.0727. The highest BCUT2D eigenvalue weighted by atomic mass is 16.3. The summed E-state index contributed by atoms with van der Waals surface area (Å²) in [5.74, 6) is 4.64. The minimum atomic E-state index is -0.0727. The van der Waals surface area contributed by atoms with Crippen LogP contribution in [0.5, 0.6) is 0 Å². The molecule has 0 bridgehead atoms. The monoisotopic (exact) mass is 372 g/mol. The van der Waals surface area contributed by atoms with Gasteiger partial charge in [-0.3, -0.25) is 0 Å². The summed E-state index contributed by atoms with van der Waals surface area (Å²) < 4.78 is 0. The molecule has 3 saturated carbocycles. The van der Waals surface area contributed by atoms with E-state index in [-0.39, 0.29) is 6.10 Å². The number of allylic oxidation sites excluding steroid dienone is 1. The summed E-state index contributed by atoms with van der Waals surface area (Å²) in [4.78, 5) is 0. The lowest BCUT2D eigenvalue weighted by atomic mass is 9.47. The first-order chi connectivity index (χ1) is 12.8. The molecule has 27 heavy (non-hydrogen) atoms. The molecule has 154 valence electrons. The van der Waals surface area contributed by atoms with E-state index >= 15 is 0 Å². The first kappa shape index (κ1) is 20.0. The third kappa shape index (κ3) is 3.45. The van der Waals surface area contributed by atoms with Crippen molar-refractivity contribution in [1.29, 1.82) is 0 Å². The molecule has 3 fully saturated rings. The molecular weight excluding hydrogens is 328 g/mol. The zero-order valence-electron chi connectivity index (χ0n) is 18.5. The smallest absolute Gasteiger partial charge is 0.0577 e. The Morgan fingerprint density at radius 1 is 1.04 bits per heavy atom. The Morgan fingerprint density at radius 3 is 2.63 bits per heavy atom. The topological polar surface area (TPSA) is 20.2 Å². The Balaban J connectivity index is 1.46. The fourth-order valence-electron chi connectivity index (χ4n) is 8.17. The molecular formula is C26H44O. The number of fused-ring (bicyclic) bond motifs is 5. The van der Waals surface area contributed by atoms with Gasteiger partial charge in [-0.15, -0.1) is 0 Å². The van der Waals surface area contributed by atoms with Crippen LogP contribution in [-0.4, -0.2) is 11.2 Å². The Labute approximate surface area is 168 Å². The summed E-state index contributed by atoms with van der Waals surface area (Å²) in [5.41, 5.74) is 2.64. The van der Waals surface area contributed by atoms with Crippen LogP contribution in [0, 0.1) is 40.4 Å². The molecule has 6 unspecified atom stereocenters. The maximum atomic E-state index is 10.2. The van der Waals surface area contributed by atoms with Gasteiger partial charge in [-0.1, -0.05) is 58.6 Å². The van der Waals surface area contributed by atoms with Gasteiger partial charge in [0.25, 0.3) is 0 Å². The van der Waals surface area contributed by atoms with Crippen molar-refractivity contribution in [2.45, 2.75) is 111 Å². The van der Waals surface area contributed by atoms with Crippen LogP contribution < -0.4 is 0 Å². The van der Waals surface area contributed by atoms with Crippen molar-refractivity contribution in [3.8, 4) is 0 Å². The third-order valence-electron chi connectivity index (χ3n) is 9.86. The normalized spacial score (nSPS) is 46.6. The Bertz CT molecular complexity index is 563. The molecule has 0 aliphatic heterocycles. The average molecular weight is 373 g/mol. The second-order valence-corrected chi connectivity index (χ2v) is 11.7. The Hall–Kier alpha value is -0.300. The number of unbranched alkanes of at least 4 members (excludes halogenated alkanes) is 1.